The Kier molecular flexibility index (Phi) is 4.73. The Hall–Kier alpha value is -3.72. The van der Waals surface area contributed by atoms with Gasteiger partial charge in [0, 0.05) is 34.2 Å². The van der Waals surface area contributed by atoms with Crippen LogP contribution in [0.15, 0.2) is 76.9 Å². The number of nitrogens with zero attached hydrogens (tertiary/aromatic N) is 3. The third kappa shape index (κ3) is 3.55. The molecule has 1 aromatic heterocycles. The summed E-state index contributed by atoms with van der Waals surface area (Å²) in [6, 6.07) is 16.5. The molecule has 0 bridgehead atoms. The van der Waals surface area contributed by atoms with Crippen LogP contribution in [0.25, 0.3) is 11.8 Å². The van der Waals surface area contributed by atoms with Gasteiger partial charge in [-0.3, -0.25) is 25.1 Å². The second-order valence-electron chi connectivity index (χ2n) is 6.19. The van der Waals surface area contributed by atoms with E-state index in [1.54, 1.807) is 59.3 Å². The summed E-state index contributed by atoms with van der Waals surface area (Å²) in [5.74, 6) is -0.969. The molecule has 1 N–H and O–H groups in total. The van der Waals surface area contributed by atoms with Gasteiger partial charge in [0.2, 0.25) is 0 Å². The fourth-order valence-electron chi connectivity index (χ4n) is 2.96. The molecule has 1 aliphatic heterocycles. The lowest BCUT2D eigenvalue weighted by atomic mass is 10.2. The van der Waals surface area contributed by atoms with Gasteiger partial charge < -0.3 is 4.57 Å². The summed E-state index contributed by atoms with van der Waals surface area (Å²) in [6.45, 7) is 0. The van der Waals surface area contributed by atoms with Gasteiger partial charge in [0.1, 0.15) is 5.57 Å². The Morgan fingerprint density at radius 3 is 2.28 bits per heavy atom. The minimum absolute atomic E-state index is 0.00483. The van der Waals surface area contributed by atoms with E-state index in [2.05, 4.69) is 21.4 Å². The van der Waals surface area contributed by atoms with Gasteiger partial charge in [0.25, 0.3) is 17.5 Å². The number of non-ortho nitro benzene ring substituents is 1. The SMILES string of the molecule is O=C1NN(c2ccc(Br)cc2)C(=O)/C1=C\c1cccn1-c1ccc([N+](=O)[O-])cc1. The van der Waals surface area contributed by atoms with E-state index in [1.807, 2.05) is 0 Å². The van der Waals surface area contributed by atoms with Gasteiger partial charge >= 0.3 is 0 Å². The number of rotatable bonds is 4. The lowest BCUT2D eigenvalue weighted by molar-refractivity contribution is -0.384. The number of aromatic nitrogens is 1. The summed E-state index contributed by atoms with van der Waals surface area (Å²) in [6.07, 6.45) is 3.25. The standard InChI is InChI=1S/C20H13BrN4O4/c21-13-3-5-15(6-4-13)24-20(27)18(19(26)22-24)12-17-2-1-11-23(17)14-7-9-16(10-8-14)25(28)29/h1-12H,(H,22,26)/b18-12-. The number of benzene rings is 2. The molecule has 29 heavy (non-hydrogen) atoms. The molecule has 0 aliphatic carbocycles. The topological polar surface area (TPSA) is 97.5 Å². The minimum Gasteiger partial charge on any atom is -0.317 e. The maximum atomic E-state index is 12.8. The number of nitrogens with one attached hydrogen (secondary N) is 1. The number of nitro groups is 1. The van der Waals surface area contributed by atoms with Gasteiger partial charge in [0.05, 0.1) is 10.6 Å². The zero-order valence-corrected chi connectivity index (χ0v) is 16.4. The second-order valence-corrected chi connectivity index (χ2v) is 7.11. The van der Waals surface area contributed by atoms with Crippen molar-refractivity contribution in [3.05, 3.63) is 92.7 Å². The van der Waals surface area contributed by atoms with Gasteiger partial charge in [-0.2, -0.15) is 0 Å². The summed E-state index contributed by atoms with van der Waals surface area (Å²) < 4.78 is 2.59. The van der Waals surface area contributed by atoms with Crippen LogP contribution < -0.4 is 10.4 Å². The molecule has 8 nitrogen and oxygen atoms in total. The molecule has 9 heteroatoms. The van der Waals surface area contributed by atoms with E-state index in [1.165, 1.54) is 23.2 Å². The van der Waals surface area contributed by atoms with E-state index in [9.17, 15) is 19.7 Å². The Labute approximate surface area is 173 Å². The quantitative estimate of drug-likeness (QED) is 0.283. The number of anilines is 1. The minimum atomic E-state index is -0.505. The van der Waals surface area contributed by atoms with Crippen LogP contribution in [0.4, 0.5) is 11.4 Å². The van der Waals surface area contributed by atoms with Crippen LogP contribution in [-0.4, -0.2) is 21.3 Å². The van der Waals surface area contributed by atoms with Gasteiger partial charge in [-0.1, -0.05) is 15.9 Å². The maximum absolute atomic E-state index is 12.8. The average Bonchev–Trinajstić information content (AvgIpc) is 3.29. The Bertz CT molecular complexity index is 1150. The monoisotopic (exact) mass is 452 g/mol. The van der Waals surface area contributed by atoms with E-state index in [0.29, 0.717) is 17.1 Å². The number of nitro benzene ring substituents is 1. The molecule has 0 saturated carbocycles. The zero-order valence-electron chi connectivity index (χ0n) is 14.8. The normalized spacial score (nSPS) is 15.1. The first-order chi connectivity index (χ1) is 13.9. The van der Waals surface area contributed by atoms with Crippen LogP contribution in [0.2, 0.25) is 0 Å². The largest absolute Gasteiger partial charge is 0.317 e. The molecule has 2 aromatic carbocycles. The van der Waals surface area contributed by atoms with Gasteiger partial charge in [-0.05, 0) is 54.6 Å². The van der Waals surface area contributed by atoms with E-state index in [0.717, 1.165) is 4.47 Å². The molecular weight excluding hydrogens is 440 g/mol. The summed E-state index contributed by atoms with van der Waals surface area (Å²) in [4.78, 5) is 35.5. The van der Waals surface area contributed by atoms with Crippen molar-refractivity contribution in [2.24, 2.45) is 0 Å². The Morgan fingerprint density at radius 1 is 0.966 bits per heavy atom. The number of carbonyl (C=O) groups is 2. The van der Waals surface area contributed by atoms with E-state index in [4.69, 9.17) is 0 Å². The van der Waals surface area contributed by atoms with Gasteiger partial charge in [-0.25, -0.2) is 5.01 Å². The molecule has 0 unspecified atom stereocenters. The first-order valence-corrected chi connectivity index (χ1v) is 9.28. The molecular formula is C20H13BrN4O4. The molecule has 2 amide bonds. The third-order valence-corrected chi connectivity index (χ3v) is 4.92. The highest BCUT2D eigenvalue weighted by Gasteiger charge is 2.34. The fourth-order valence-corrected chi connectivity index (χ4v) is 3.22. The van der Waals surface area contributed by atoms with Crippen LogP contribution in [0.3, 0.4) is 0 Å². The molecule has 0 spiro atoms. The summed E-state index contributed by atoms with van der Waals surface area (Å²) >= 11 is 3.33. The lowest BCUT2D eigenvalue weighted by Crippen LogP contribution is -2.35. The van der Waals surface area contributed by atoms with Crippen molar-refractivity contribution < 1.29 is 14.5 Å². The number of carbonyl (C=O) groups excluding carboxylic acids is 2. The summed E-state index contributed by atoms with van der Waals surface area (Å²) in [7, 11) is 0. The molecule has 3 aromatic rings. The lowest BCUT2D eigenvalue weighted by Gasteiger charge is -2.14. The zero-order chi connectivity index (χ0) is 20.5. The van der Waals surface area contributed by atoms with Crippen LogP contribution in [0, 0.1) is 10.1 Å². The predicted molar refractivity (Wildman–Crippen MR) is 110 cm³/mol. The molecule has 144 valence electrons. The third-order valence-electron chi connectivity index (χ3n) is 4.39. The Morgan fingerprint density at radius 2 is 1.62 bits per heavy atom. The highest BCUT2D eigenvalue weighted by Crippen LogP contribution is 2.24. The molecule has 1 fully saturated rings. The average molecular weight is 453 g/mol. The van der Waals surface area contributed by atoms with Crippen molar-refractivity contribution in [1.29, 1.82) is 0 Å². The highest BCUT2D eigenvalue weighted by atomic mass is 79.9. The van der Waals surface area contributed by atoms with Crippen molar-refractivity contribution in [2.45, 2.75) is 0 Å². The van der Waals surface area contributed by atoms with E-state index >= 15 is 0 Å². The maximum Gasteiger partial charge on any atom is 0.282 e. The molecule has 0 atom stereocenters. The number of amides is 2. The molecule has 2 heterocycles. The van der Waals surface area contributed by atoms with E-state index < -0.39 is 16.7 Å². The van der Waals surface area contributed by atoms with Crippen molar-refractivity contribution in [2.75, 3.05) is 5.01 Å². The van der Waals surface area contributed by atoms with Crippen LogP contribution in [0.5, 0.6) is 0 Å². The highest BCUT2D eigenvalue weighted by molar-refractivity contribution is 9.10. The van der Waals surface area contributed by atoms with Gasteiger partial charge in [0.15, 0.2) is 0 Å². The van der Waals surface area contributed by atoms with Crippen molar-refractivity contribution in [1.82, 2.24) is 9.99 Å². The van der Waals surface area contributed by atoms with Gasteiger partial charge in [-0.15, -0.1) is 0 Å². The number of hydrogen-bond donors (Lipinski definition) is 1. The summed E-state index contributed by atoms with van der Waals surface area (Å²) in [5, 5.41) is 12.0. The van der Waals surface area contributed by atoms with Crippen molar-refractivity contribution in [3.63, 3.8) is 0 Å². The summed E-state index contributed by atoms with van der Waals surface area (Å²) in [5.41, 5.74) is 4.34. The number of halogens is 1. The van der Waals surface area contributed by atoms with E-state index in [-0.39, 0.29) is 11.3 Å². The first kappa shape index (κ1) is 18.6. The first-order valence-electron chi connectivity index (χ1n) is 8.49. The molecule has 4 rings (SSSR count). The van der Waals surface area contributed by atoms with Crippen LogP contribution in [-0.2, 0) is 9.59 Å². The molecule has 1 aliphatic rings. The smallest absolute Gasteiger partial charge is 0.282 e. The predicted octanol–water partition coefficient (Wildman–Crippen LogP) is 3.61. The second kappa shape index (κ2) is 7.36. The van der Waals surface area contributed by atoms with Crippen molar-refractivity contribution in [3.8, 4) is 5.69 Å². The van der Waals surface area contributed by atoms with Crippen LogP contribution >= 0.6 is 15.9 Å². The molecule has 1 saturated heterocycles. The Balaban J connectivity index is 1.66. The van der Waals surface area contributed by atoms with Crippen LogP contribution in [0.1, 0.15) is 5.69 Å². The number of hydrazine groups is 1. The number of hydrogen-bond acceptors (Lipinski definition) is 4. The molecule has 0 radical (unpaired) electrons. The van der Waals surface area contributed by atoms with Crippen molar-refractivity contribution >= 4 is 45.2 Å². The fraction of sp³-hybridized carbons (Fsp3) is 0.